The molecule has 0 aliphatic rings. The van der Waals surface area contributed by atoms with Gasteiger partial charge in [-0.3, -0.25) is 4.68 Å². The van der Waals surface area contributed by atoms with Crippen molar-refractivity contribution >= 4 is 0 Å². The molecule has 0 saturated carbocycles. The molecule has 0 atom stereocenters. The van der Waals surface area contributed by atoms with E-state index in [2.05, 4.69) is 68.6 Å². The fourth-order valence-corrected chi connectivity index (χ4v) is 2.10. The van der Waals surface area contributed by atoms with E-state index in [1.807, 2.05) is 10.9 Å². The van der Waals surface area contributed by atoms with E-state index < -0.39 is 0 Å². The lowest BCUT2D eigenvalue weighted by Crippen LogP contribution is -2.21. The normalized spacial score (nSPS) is 11.5. The van der Waals surface area contributed by atoms with Gasteiger partial charge in [-0.05, 0) is 17.0 Å². The maximum atomic E-state index is 4.42. The van der Waals surface area contributed by atoms with Gasteiger partial charge >= 0.3 is 0 Å². The van der Waals surface area contributed by atoms with Gasteiger partial charge in [-0.25, -0.2) is 0 Å². The molecule has 0 bridgehead atoms. The SMILES string of the molecule is CC(C)NCc1cnn(Cc2ccc(C(C)C)cc2)c1. The summed E-state index contributed by atoms with van der Waals surface area (Å²) in [5.74, 6) is 0.586. The van der Waals surface area contributed by atoms with Crippen LogP contribution >= 0.6 is 0 Å². The summed E-state index contributed by atoms with van der Waals surface area (Å²) in [7, 11) is 0. The largest absolute Gasteiger partial charge is 0.310 e. The summed E-state index contributed by atoms with van der Waals surface area (Å²) in [5.41, 5.74) is 3.91. The van der Waals surface area contributed by atoms with Gasteiger partial charge in [0.05, 0.1) is 12.7 Å². The molecule has 108 valence electrons. The van der Waals surface area contributed by atoms with Crippen LogP contribution in [0.25, 0.3) is 0 Å². The summed E-state index contributed by atoms with van der Waals surface area (Å²) >= 11 is 0. The minimum atomic E-state index is 0.502. The fraction of sp³-hybridized carbons (Fsp3) is 0.471. The third-order valence-electron chi connectivity index (χ3n) is 3.39. The number of nitrogens with one attached hydrogen (secondary N) is 1. The molecule has 0 saturated heterocycles. The Morgan fingerprint density at radius 2 is 1.75 bits per heavy atom. The van der Waals surface area contributed by atoms with E-state index in [1.54, 1.807) is 0 Å². The number of nitrogens with zero attached hydrogens (tertiary/aromatic N) is 2. The number of hydrogen-bond donors (Lipinski definition) is 1. The third-order valence-corrected chi connectivity index (χ3v) is 3.39. The van der Waals surface area contributed by atoms with Crippen molar-refractivity contribution in [2.75, 3.05) is 0 Å². The van der Waals surface area contributed by atoms with Gasteiger partial charge in [0.15, 0.2) is 0 Å². The van der Waals surface area contributed by atoms with Gasteiger partial charge in [0.2, 0.25) is 0 Å². The Bertz CT molecular complexity index is 523. The number of rotatable bonds is 6. The third kappa shape index (κ3) is 4.20. The summed E-state index contributed by atoms with van der Waals surface area (Å²) in [5, 5.41) is 7.83. The number of benzene rings is 1. The molecule has 1 aromatic carbocycles. The summed E-state index contributed by atoms with van der Waals surface area (Å²) in [4.78, 5) is 0. The molecule has 1 N–H and O–H groups in total. The number of hydrogen-bond acceptors (Lipinski definition) is 2. The standard InChI is InChI=1S/C17H25N3/c1-13(2)17-7-5-15(6-8-17)11-20-12-16(10-19-20)9-18-14(3)4/h5-8,10,12-14,18H,9,11H2,1-4H3. The van der Waals surface area contributed by atoms with Crippen LogP contribution in [0.2, 0.25) is 0 Å². The molecule has 0 spiro atoms. The molecule has 0 amide bonds. The van der Waals surface area contributed by atoms with Crippen molar-refractivity contribution in [3.8, 4) is 0 Å². The Morgan fingerprint density at radius 3 is 2.35 bits per heavy atom. The first-order chi connectivity index (χ1) is 9.54. The van der Waals surface area contributed by atoms with Gasteiger partial charge in [0.25, 0.3) is 0 Å². The second-order valence-electron chi connectivity index (χ2n) is 5.98. The molecule has 0 radical (unpaired) electrons. The van der Waals surface area contributed by atoms with Crippen molar-refractivity contribution in [2.24, 2.45) is 0 Å². The van der Waals surface area contributed by atoms with Crippen LogP contribution in [0.1, 0.15) is 50.3 Å². The van der Waals surface area contributed by atoms with E-state index in [0.717, 1.165) is 13.1 Å². The van der Waals surface area contributed by atoms with Crippen LogP contribution < -0.4 is 5.32 Å². The summed E-state index contributed by atoms with van der Waals surface area (Å²) < 4.78 is 2.00. The highest BCUT2D eigenvalue weighted by atomic mass is 15.3. The molecule has 2 aromatic rings. The van der Waals surface area contributed by atoms with Crippen molar-refractivity contribution in [3.63, 3.8) is 0 Å². The monoisotopic (exact) mass is 271 g/mol. The van der Waals surface area contributed by atoms with Crippen molar-refractivity contribution in [2.45, 2.75) is 52.7 Å². The Kier molecular flexibility index (Phi) is 4.96. The first kappa shape index (κ1) is 14.8. The van der Waals surface area contributed by atoms with Crippen molar-refractivity contribution in [3.05, 3.63) is 53.3 Å². The Balaban J connectivity index is 1.96. The highest BCUT2D eigenvalue weighted by Gasteiger charge is 2.02. The van der Waals surface area contributed by atoms with Crippen molar-refractivity contribution < 1.29 is 0 Å². The van der Waals surface area contributed by atoms with Gasteiger partial charge < -0.3 is 5.32 Å². The molecule has 1 heterocycles. The second-order valence-corrected chi connectivity index (χ2v) is 5.98. The van der Waals surface area contributed by atoms with Crippen LogP contribution in [-0.2, 0) is 13.1 Å². The van der Waals surface area contributed by atoms with E-state index in [1.165, 1.54) is 16.7 Å². The molecule has 1 aromatic heterocycles. The maximum absolute atomic E-state index is 4.42. The molecular formula is C17H25N3. The predicted molar refractivity (Wildman–Crippen MR) is 83.8 cm³/mol. The van der Waals surface area contributed by atoms with Crippen molar-refractivity contribution in [1.29, 1.82) is 0 Å². The zero-order valence-corrected chi connectivity index (χ0v) is 12.9. The van der Waals surface area contributed by atoms with Gasteiger partial charge in [0, 0.05) is 24.3 Å². The molecule has 0 aliphatic heterocycles. The average molecular weight is 271 g/mol. The molecular weight excluding hydrogens is 246 g/mol. The number of aromatic nitrogens is 2. The van der Waals surface area contributed by atoms with Crippen LogP contribution in [0, 0.1) is 0 Å². The maximum Gasteiger partial charge on any atom is 0.0659 e. The molecule has 20 heavy (non-hydrogen) atoms. The summed E-state index contributed by atoms with van der Waals surface area (Å²) in [6.07, 6.45) is 4.06. The van der Waals surface area contributed by atoms with Gasteiger partial charge in [0.1, 0.15) is 0 Å². The average Bonchev–Trinajstić information content (AvgIpc) is 2.84. The molecule has 3 heteroatoms. The van der Waals surface area contributed by atoms with Crippen LogP contribution in [0.3, 0.4) is 0 Å². The summed E-state index contributed by atoms with van der Waals surface area (Å²) in [6.45, 7) is 10.5. The molecule has 0 unspecified atom stereocenters. The van der Waals surface area contributed by atoms with E-state index in [0.29, 0.717) is 12.0 Å². The molecule has 3 nitrogen and oxygen atoms in total. The molecule has 2 rings (SSSR count). The fourth-order valence-electron chi connectivity index (χ4n) is 2.10. The quantitative estimate of drug-likeness (QED) is 0.870. The Labute approximate surface area is 122 Å². The van der Waals surface area contributed by atoms with Crippen LogP contribution in [0.15, 0.2) is 36.7 Å². The minimum absolute atomic E-state index is 0.502. The van der Waals surface area contributed by atoms with Gasteiger partial charge in [-0.15, -0.1) is 0 Å². The first-order valence-electron chi connectivity index (χ1n) is 7.38. The lowest BCUT2D eigenvalue weighted by molar-refractivity contribution is 0.588. The summed E-state index contributed by atoms with van der Waals surface area (Å²) in [6, 6.07) is 9.32. The molecule has 0 fully saturated rings. The lowest BCUT2D eigenvalue weighted by Gasteiger charge is -2.07. The topological polar surface area (TPSA) is 29.9 Å². The minimum Gasteiger partial charge on any atom is -0.310 e. The smallest absolute Gasteiger partial charge is 0.0659 e. The van der Waals surface area contributed by atoms with E-state index in [9.17, 15) is 0 Å². The zero-order chi connectivity index (χ0) is 14.5. The molecule has 0 aliphatic carbocycles. The predicted octanol–water partition coefficient (Wildman–Crippen LogP) is 3.55. The van der Waals surface area contributed by atoms with Crippen LogP contribution in [-0.4, -0.2) is 15.8 Å². The Morgan fingerprint density at radius 1 is 1.05 bits per heavy atom. The van der Waals surface area contributed by atoms with Gasteiger partial charge in [-0.1, -0.05) is 52.0 Å². The second kappa shape index (κ2) is 6.71. The Hall–Kier alpha value is -1.61. The lowest BCUT2D eigenvalue weighted by atomic mass is 10.0. The van der Waals surface area contributed by atoms with Crippen LogP contribution in [0.4, 0.5) is 0 Å². The zero-order valence-electron chi connectivity index (χ0n) is 12.9. The van der Waals surface area contributed by atoms with E-state index in [-0.39, 0.29) is 0 Å². The van der Waals surface area contributed by atoms with Gasteiger partial charge in [-0.2, -0.15) is 5.10 Å². The van der Waals surface area contributed by atoms with Crippen LogP contribution in [0.5, 0.6) is 0 Å². The highest BCUT2D eigenvalue weighted by molar-refractivity contribution is 5.24. The van der Waals surface area contributed by atoms with Crippen molar-refractivity contribution in [1.82, 2.24) is 15.1 Å². The van der Waals surface area contributed by atoms with E-state index >= 15 is 0 Å². The highest BCUT2D eigenvalue weighted by Crippen LogP contribution is 2.15. The van der Waals surface area contributed by atoms with E-state index in [4.69, 9.17) is 0 Å². The first-order valence-corrected chi connectivity index (χ1v) is 7.38.